The lowest BCUT2D eigenvalue weighted by Gasteiger charge is -2.28. The number of hydrogen-bond acceptors (Lipinski definition) is 5. The number of nitrogens with zero attached hydrogens (tertiary/aromatic N) is 2. The number of nitrogens with two attached hydrogens (primary N) is 1. The molecule has 5 nitrogen and oxygen atoms in total. The van der Waals surface area contributed by atoms with E-state index < -0.39 is 0 Å². The maximum absolute atomic E-state index is 11.2. The van der Waals surface area contributed by atoms with Gasteiger partial charge in [0.2, 0.25) is 0 Å². The number of carbonyl (C=O) groups excluding carboxylic acids is 1. The molecule has 5 heteroatoms. The summed E-state index contributed by atoms with van der Waals surface area (Å²) >= 11 is 0. The Labute approximate surface area is 108 Å². The van der Waals surface area contributed by atoms with Crippen LogP contribution in [0.5, 0.6) is 0 Å². The van der Waals surface area contributed by atoms with Gasteiger partial charge in [-0.1, -0.05) is 13.8 Å². The molecule has 0 amide bonds. The number of rotatable bonds is 2. The second kappa shape index (κ2) is 6.96. The zero-order valence-corrected chi connectivity index (χ0v) is 11.3. The number of ketones is 1. The van der Waals surface area contributed by atoms with Gasteiger partial charge in [0, 0.05) is 20.0 Å². The van der Waals surface area contributed by atoms with E-state index >= 15 is 0 Å². The fraction of sp³-hybridized carbons (Fsp3) is 0.538. The van der Waals surface area contributed by atoms with Crippen molar-refractivity contribution in [2.24, 2.45) is 0 Å². The minimum atomic E-state index is -0.106. The molecule has 0 aliphatic carbocycles. The Kier molecular flexibility index (Phi) is 5.58. The van der Waals surface area contributed by atoms with Gasteiger partial charge in [-0.2, -0.15) is 0 Å². The molecular weight excluding hydrogens is 230 g/mol. The first-order valence-corrected chi connectivity index (χ1v) is 6.27. The molecule has 2 rings (SSSR count). The highest BCUT2D eigenvalue weighted by Crippen LogP contribution is 2.20. The maximum Gasteiger partial charge on any atom is 0.180 e. The number of carbonyl (C=O) groups is 1. The quantitative estimate of drug-likeness (QED) is 0.811. The van der Waals surface area contributed by atoms with Crippen molar-refractivity contribution in [3.63, 3.8) is 0 Å². The minimum Gasteiger partial charge on any atom is -0.397 e. The summed E-state index contributed by atoms with van der Waals surface area (Å²) in [5.41, 5.74) is 7.52. The first-order chi connectivity index (χ1) is 8.68. The summed E-state index contributed by atoms with van der Waals surface area (Å²) in [6.07, 6.45) is 1.69. The van der Waals surface area contributed by atoms with Gasteiger partial charge in [-0.15, -0.1) is 0 Å². The van der Waals surface area contributed by atoms with E-state index in [1.807, 2.05) is 13.8 Å². The van der Waals surface area contributed by atoms with Crippen molar-refractivity contribution in [2.75, 3.05) is 36.9 Å². The minimum absolute atomic E-state index is 0.106. The predicted molar refractivity (Wildman–Crippen MR) is 73.0 cm³/mol. The largest absolute Gasteiger partial charge is 0.397 e. The standard InChI is InChI=1S/C11H15N3O2.C2H6/c1-8(15)11-10(12)6-9(7-13-11)14-2-4-16-5-3-14;1-2/h6-7H,2-5,12H2,1H3;1-2H3. The van der Waals surface area contributed by atoms with Gasteiger partial charge in [0.1, 0.15) is 5.69 Å². The molecule has 0 spiro atoms. The second-order valence-corrected chi connectivity index (χ2v) is 3.79. The van der Waals surface area contributed by atoms with Crippen LogP contribution >= 0.6 is 0 Å². The molecule has 1 aliphatic heterocycles. The SMILES string of the molecule is CC.CC(=O)c1ncc(N2CCOCC2)cc1N. The van der Waals surface area contributed by atoms with Crippen molar-refractivity contribution in [3.05, 3.63) is 18.0 Å². The first-order valence-electron chi connectivity index (χ1n) is 6.27. The maximum atomic E-state index is 11.2. The van der Waals surface area contributed by atoms with Crippen LogP contribution in [0.4, 0.5) is 11.4 Å². The molecule has 0 radical (unpaired) electrons. The van der Waals surface area contributed by atoms with Crippen LogP contribution in [0.3, 0.4) is 0 Å². The zero-order chi connectivity index (χ0) is 13.5. The van der Waals surface area contributed by atoms with Crippen molar-refractivity contribution in [2.45, 2.75) is 20.8 Å². The average Bonchev–Trinajstić information content (AvgIpc) is 2.41. The number of pyridine rings is 1. The van der Waals surface area contributed by atoms with Crippen LogP contribution < -0.4 is 10.6 Å². The molecule has 0 aromatic carbocycles. The third kappa shape index (κ3) is 3.43. The second-order valence-electron chi connectivity index (χ2n) is 3.79. The summed E-state index contributed by atoms with van der Waals surface area (Å²) in [5, 5.41) is 0. The summed E-state index contributed by atoms with van der Waals surface area (Å²) in [6, 6.07) is 1.80. The van der Waals surface area contributed by atoms with Crippen LogP contribution in [0.2, 0.25) is 0 Å². The van der Waals surface area contributed by atoms with E-state index in [0.717, 1.165) is 18.8 Å². The molecule has 100 valence electrons. The van der Waals surface area contributed by atoms with Crippen LogP contribution in [0.15, 0.2) is 12.3 Å². The van der Waals surface area contributed by atoms with Gasteiger partial charge in [0.15, 0.2) is 5.78 Å². The number of nitrogen functional groups attached to an aromatic ring is 1. The highest BCUT2D eigenvalue weighted by atomic mass is 16.5. The van der Waals surface area contributed by atoms with Crippen LogP contribution in [0.1, 0.15) is 31.3 Å². The lowest BCUT2D eigenvalue weighted by molar-refractivity contribution is 0.101. The Hall–Kier alpha value is -1.62. The van der Waals surface area contributed by atoms with Gasteiger partial charge in [0.25, 0.3) is 0 Å². The summed E-state index contributed by atoms with van der Waals surface area (Å²) in [5.74, 6) is -0.106. The van der Waals surface area contributed by atoms with E-state index in [1.54, 1.807) is 12.3 Å². The lowest BCUT2D eigenvalue weighted by Crippen LogP contribution is -2.36. The highest BCUT2D eigenvalue weighted by Gasteiger charge is 2.14. The molecule has 1 aromatic heterocycles. The van der Waals surface area contributed by atoms with E-state index in [0.29, 0.717) is 24.6 Å². The molecule has 1 aromatic rings. The third-order valence-corrected chi connectivity index (χ3v) is 2.61. The monoisotopic (exact) mass is 251 g/mol. The molecule has 1 aliphatic rings. The smallest absolute Gasteiger partial charge is 0.180 e. The van der Waals surface area contributed by atoms with Crippen molar-refractivity contribution in [3.8, 4) is 0 Å². The van der Waals surface area contributed by atoms with Crippen molar-refractivity contribution >= 4 is 17.2 Å². The summed E-state index contributed by atoms with van der Waals surface area (Å²) < 4.78 is 5.27. The van der Waals surface area contributed by atoms with Crippen LogP contribution in [-0.2, 0) is 4.74 Å². The van der Waals surface area contributed by atoms with E-state index in [1.165, 1.54) is 6.92 Å². The molecule has 0 atom stereocenters. The number of ether oxygens (including phenoxy) is 1. The average molecular weight is 251 g/mol. The summed E-state index contributed by atoms with van der Waals surface area (Å²) in [6.45, 7) is 8.57. The molecule has 2 N–H and O–H groups in total. The van der Waals surface area contributed by atoms with Gasteiger partial charge in [0.05, 0.1) is 30.8 Å². The molecule has 0 bridgehead atoms. The predicted octanol–water partition coefficient (Wildman–Crippen LogP) is 1.73. The van der Waals surface area contributed by atoms with E-state index in [4.69, 9.17) is 10.5 Å². The first kappa shape index (κ1) is 14.4. The Morgan fingerprint density at radius 1 is 1.39 bits per heavy atom. The van der Waals surface area contributed by atoms with E-state index in [9.17, 15) is 4.79 Å². The lowest BCUT2D eigenvalue weighted by atomic mass is 10.2. The molecule has 1 fully saturated rings. The number of anilines is 2. The molecular formula is C13H21N3O2. The molecule has 0 unspecified atom stereocenters. The Morgan fingerprint density at radius 3 is 2.50 bits per heavy atom. The van der Waals surface area contributed by atoms with Crippen LogP contribution in [0.25, 0.3) is 0 Å². The number of hydrogen-bond donors (Lipinski definition) is 1. The summed E-state index contributed by atoms with van der Waals surface area (Å²) in [4.78, 5) is 17.4. The highest BCUT2D eigenvalue weighted by molar-refractivity contribution is 5.97. The van der Waals surface area contributed by atoms with Gasteiger partial charge in [-0.05, 0) is 6.07 Å². The Balaban J connectivity index is 0.000000771. The third-order valence-electron chi connectivity index (χ3n) is 2.61. The molecule has 18 heavy (non-hydrogen) atoms. The molecule has 2 heterocycles. The van der Waals surface area contributed by atoms with Crippen molar-refractivity contribution < 1.29 is 9.53 Å². The van der Waals surface area contributed by atoms with Gasteiger partial charge < -0.3 is 15.4 Å². The van der Waals surface area contributed by atoms with E-state index in [2.05, 4.69) is 9.88 Å². The fourth-order valence-corrected chi connectivity index (χ4v) is 1.76. The van der Waals surface area contributed by atoms with Crippen LogP contribution in [-0.4, -0.2) is 37.1 Å². The van der Waals surface area contributed by atoms with Gasteiger partial charge >= 0.3 is 0 Å². The van der Waals surface area contributed by atoms with Gasteiger partial charge in [-0.3, -0.25) is 4.79 Å². The van der Waals surface area contributed by atoms with Gasteiger partial charge in [-0.25, -0.2) is 4.98 Å². The summed E-state index contributed by atoms with van der Waals surface area (Å²) in [7, 11) is 0. The fourth-order valence-electron chi connectivity index (χ4n) is 1.76. The molecule has 0 saturated carbocycles. The Morgan fingerprint density at radius 2 is 2.00 bits per heavy atom. The number of aromatic nitrogens is 1. The zero-order valence-electron chi connectivity index (χ0n) is 11.3. The van der Waals surface area contributed by atoms with Crippen molar-refractivity contribution in [1.82, 2.24) is 4.98 Å². The van der Waals surface area contributed by atoms with Crippen LogP contribution in [0, 0.1) is 0 Å². The molecule has 1 saturated heterocycles. The van der Waals surface area contributed by atoms with E-state index in [-0.39, 0.29) is 5.78 Å². The normalized spacial score (nSPS) is 14.7. The number of morpholine rings is 1. The topological polar surface area (TPSA) is 68.5 Å². The van der Waals surface area contributed by atoms with Crippen molar-refractivity contribution in [1.29, 1.82) is 0 Å². The number of Topliss-reactive ketones (excluding diaryl/α,β-unsaturated/α-hetero) is 1. The Bertz CT molecular complexity index is 401.